The Hall–Kier alpha value is -2.48. The average Bonchev–Trinajstić information content (AvgIpc) is 3.17. The van der Waals surface area contributed by atoms with E-state index >= 15 is 0 Å². The number of rotatable bonds is 6. The molecule has 29 heavy (non-hydrogen) atoms. The molecule has 8 heteroatoms. The molecule has 158 valence electrons. The van der Waals surface area contributed by atoms with Crippen molar-refractivity contribution in [1.29, 1.82) is 0 Å². The van der Waals surface area contributed by atoms with Gasteiger partial charge in [-0.3, -0.25) is 4.90 Å². The van der Waals surface area contributed by atoms with Crippen LogP contribution in [0.15, 0.2) is 18.2 Å². The Bertz CT molecular complexity index is 747. The molecule has 1 aromatic carbocycles. The zero-order valence-electron chi connectivity index (χ0n) is 16.8. The lowest BCUT2D eigenvalue weighted by atomic mass is 9.93. The third-order valence-electron chi connectivity index (χ3n) is 5.90. The van der Waals surface area contributed by atoms with Gasteiger partial charge in [-0.2, -0.15) is 0 Å². The van der Waals surface area contributed by atoms with Gasteiger partial charge in [-0.1, -0.05) is 0 Å². The molecule has 3 aliphatic heterocycles. The average molecular weight is 404 g/mol. The Kier molecular flexibility index (Phi) is 6.08. The van der Waals surface area contributed by atoms with E-state index in [0.29, 0.717) is 36.2 Å². The van der Waals surface area contributed by atoms with E-state index in [9.17, 15) is 9.59 Å². The van der Waals surface area contributed by atoms with Crippen molar-refractivity contribution >= 4 is 12.1 Å². The summed E-state index contributed by atoms with van der Waals surface area (Å²) in [5.74, 6) is 1.51. The molecule has 4 rings (SSSR count). The van der Waals surface area contributed by atoms with E-state index in [2.05, 4.69) is 4.90 Å². The number of benzene rings is 1. The van der Waals surface area contributed by atoms with Crippen molar-refractivity contribution in [3.05, 3.63) is 23.8 Å². The Labute approximate surface area is 170 Å². The molecular formula is C21H28N2O6. The number of esters is 1. The second kappa shape index (κ2) is 8.90. The lowest BCUT2D eigenvalue weighted by molar-refractivity contribution is 0.0461. The lowest BCUT2D eigenvalue weighted by Crippen LogP contribution is -2.44. The number of nitrogens with zero attached hydrogens (tertiary/aromatic N) is 2. The van der Waals surface area contributed by atoms with Gasteiger partial charge in [-0.25, -0.2) is 9.59 Å². The van der Waals surface area contributed by atoms with Crippen molar-refractivity contribution in [1.82, 2.24) is 9.80 Å². The summed E-state index contributed by atoms with van der Waals surface area (Å²) in [7, 11) is 1.36. The molecule has 0 bridgehead atoms. The fraction of sp³-hybridized carbons (Fsp3) is 0.619. The monoisotopic (exact) mass is 404 g/mol. The summed E-state index contributed by atoms with van der Waals surface area (Å²) in [5.41, 5.74) is 0.457. The summed E-state index contributed by atoms with van der Waals surface area (Å²) in [6, 6.07) is 5.11. The minimum atomic E-state index is -0.386. The van der Waals surface area contributed by atoms with Gasteiger partial charge >= 0.3 is 12.1 Å². The number of methoxy groups -OCH3 is 1. The maximum absolute atomic E-state index is 11.7. The first-order valence-electron chi connectivity index (χ1n) is 10.3. The van der Waals surface area contributed by atoms with Crippen LogP contribution in [-0.2, 0) is 9.47 Å². The Morgan fingerprint density at radius 1 is 1.17 bits per heavy atom. The van der Waals surface area contributed by atoms with Crippen molar-refractivity contribution in [3.63, 3.8) is 0 Å². The number of likely N-dealkylation sites (tertiary alicyclic amines) is 1. The Morgan fingerprint density at radius 2 is 2.00 bits per heavy atom. The highest BCUT2D eigenvalue weighted by atomic mass is 16.6. The van der Waals surface area contributed by atoms with E-state index in [1.54, 1.807) is 23.1 Å². The molecule has 2 fully saturated rings. The van der Waals surface area contributed by atoms with Crippen molar-refractivity contribution in [2.75, 3.05) is 53.0 Å². The molecule has 3 aliphatic rings. The molecule has 2 saturated heterocycles. The van der Waals surface area contributed by atoms with Gasteiger partial charge in [0.15, 0.2) is 11.5 Å². The zero-order chi connectivity index (χ0) is 20.2. The van der Waals surface area contributed by atoms with Gasteiger partial charge in [0.05, 0.1) is 19.2 Å². The summed E-state index contributed by atoms with van der Waals surface area (Å²) in [6.07, 6.45) is 3.05. The molecule has 0 radical (unpaired) electrons. The molecule has 8 nitrogen and oxygen atoms in total. The van der Waals surface area contributed by atoms with Crippen LogP contribution in [0.25, 0.3) is 0 Å². The molecule has 0 saturated carbocycles. The van der Waals surface area contributed by atoms with E-state index in [1.807, 2.05) is 0 Å². The highest BCUT2D eigenvalue weighted by molar-refractivity contribution is 5.90. The third-order valence-corrected chi connectivity index (χ3v) is 5.90. The molecule has 0 N–H and O–H groups in total. The predicted molar refractivity (Wildman–Crippen MR) is 104 cm³/mol. The molecule has 1 atom stereocenters. The van der Waals surface area contributed by atoms with Gasteiger partial charge in [0, 0.05) is 13.1 Å². The van der Waals surface area contributed by atoms with Crippen LogP contribution < -0.4 is 9.47 Å². The third kappa shape index (κ3) is 4.75. The van der Waals surface area contributed by atoms with Crippen molar-refractivity contribution in [3.8, 4) is 11.5 Å². The second-order valence-corrected chi connectivity index (χ2v) is 7.84. The molecule has 1 amide bonds. The molecule has 0 aliphatic carbocycles. The van der Waals surface area contributed by atoms with Gasteiger partial charge < -0.3 is 23.8 Å². The number of hydrogen-bond acceptors (Lipinski definition) is 7. The zero-order valence-corrected chi connectivity index (χ0v) is 16.8. The molecule has 0 spiro atoms. The highest BCUT2D eigenvalue weighted by Crippen LogP contribution is 2.33. The molecule has 0 aromatic heterocycles. The summed E-state index contributed by atoms with van der Waals surface area (Å²) in [6.45, 7) is 5.37. The highest BCUT2D eigenvalue weighted by Gasteiger charge is 2.28. The van der Waals surface area contributed by atoms with Gasteiger partial charge in [0.2, 0.25) is 0 Å². The predicted octanol–water partition coefficient (Wildman–Crippen LogP) is 2.17. The van der Waals surface area contributed by atoms with E-state index in [1.165, 1.54) is 7.11 Å². The van der Waals surface area contributed by atoms with Crippen LogP contribution in [0, 0.1) is 5.92 Å². The Morgan fingerprint density at radius 3 is 2.72 bits per heavy atom. The van der Waals surface area contributed by atoms with E-state index in [4.69, 9.17) is 18.9 Å². The van der Waals surface area contributed by atoms with Crippen LogP contribution in [0.4, 0.5) is 4.79 Å². The fourth-order valence-electron chi connectivity index (χ4n) is 4.16. The first kappa shape index (κ1) is 19.8. The normalized spacial score (nSPS) is 22.4. The first-order valence-corrected chi connectivity index (χ1v) is 10.3. The summed E-state index contributed by atoms with van der Waals surface area (Å²) < 4.78 is 21.7. The van der Waals surface area contributed by atoms with Crippen LogP contribution in [-0.4, -0.2) is 81.0 Å². The summed E-state index contributed by atoms with van der Waals surface area (Å²) >= 11 is 0. The minimum absolute atomic E-state index is 0.0636. The lowest BCUT2D eigenvalue weighted by Gasteiger charge is -2.36. The van der Waals surface area contributed by atoms with Crippen LogP contribution in [0.5, 0.6) is 11.5 Å². The number of ether oxygens (including phenoxy) is 4. The molecule has 3 heterocycles. The van der Waals surface area contributed by atoms with Gasteiger partial charge in [-0.05, 0) is 56.5 Å². The maximum Gasteiger partial charge on any atom is 0.409 e. The standard InChI is InChI=1S/C21H28N2O6/c1-26-20(24)16-2-3-18-19(12-16)29-17(14-28-18)13-22-7-4-15(5-8-22)6-9-23-10-11-27-21(23)25/h2-3,12,15,17H,4-11,13-14H2,1H3/t17-/m0/s1. The van der Waals surface area contributed by atoms with Crippen molar-refractivity contribution in [2.45, 2.75) is 25.4 Å². The van der Waals surface area contributed by atoms with Crippen LogP contribution >= 0.6 is 0 Å². The largest absolute Gasteiger partial charge is 0.486 e. The Balaban J connectivity index is 1.23. The minimum Gasteiger partial charge on any atom is -0.486 e. The van der Waals surface area contributed by atoms with Gasteiger partial charge in [0.25, 0.3) is 0 Å². The maximum atomic E-state index is 11.7. The van der Waals surface area contributed by atoms with E-state index in [0.717, 1.165) is 52.0 Å². The number of fused-ring (bicyclic) bond motifs is 1. The smallest absolute Gasteiger partial charge is 0.409 e. The molecule has 1 aromatic rings. The van der Waals surface area contributed by atoms with Crippen LogP contribution in [0.2, 0.25) is 0 Å². The second-order valence-electron chi connectivity index (χ2n) is 7.84. The number of carbonyl (C=O) groups is 2. The first-order chi connectivity index (χ1) is 14.1. The summed E-state index contributed by atoms with van der Waals surface area (Å²) in [5, 5.41) is 0. The summed E-state index contributed by atoms with van der Waals surface area (Å²) in [4.78, 5) is 27.5. The molecule has 0 unspecified atom stereocenters. The van der Waals surface area contributed by atoms with Crippen molar-refractivity contribution < 1.29 is 28.5 Å². The number of amides is 1. The fourth-order valence-corrected chi connectivity index (χ4v) is 4.16. The number of carbonyl (C=O) groups excluding carboxylic acids is 2. The SMILES string of the molecule is COC(=O)c1ccc2c(c1)O[C@@H](CN1CCC(CCN3CCOC3=O)CC1)CO2. The van der Waals surface area contributed by atoms with E-state index in [-0.39, 0.29) is 18.2 Å². The van der Waals surface area contributed by atoms with Gasteiger partial charge in [0.1, 0.15) is 19.3 Å². The van der Waals surface area contributed by atoms with E-state index < -0.39 is 0 Å². The number of hydrogen-bond donors (Lipinski definition) is 0. The number of piperidine rings is 1. The van der Waals surface area contributed by atoms with Crippen molar-refractivity contribution in [2.24, 2.45) is 5.92 Å². The quantitative estimate of drug-likeness (QED) is 0.673. The number of cyclic esters (lactones) is 1. The van der Waals surface area contributed by atoms with Gasteiger partial charge in [-0.15, -0.1) is 0 Å². The topological polar surface area (TPSA) is 77.5 Å². The van der Waals surface area contributed by atoms with Crippen LogP contribution in [0.3, 0.4) is 0 Å². The van der Waals surface area contributed by atoms with Crippen LogP contribution in [0.1, 0.15) is 29.6 Å². The molecular weight excluding hydrogens is 376 g/mol.